The van der Waals surface area contributed by atoms with Gasteiger partial charge in [-0.15, -0.1) is 0 Å². The smallest absolute Gasteiger partial charge is 0.234 e. The second kappa shape index (κ2) is 5.88. The van der Waals surface area contributed by atoms with Gasteiger partial charge in [-0.1, -0.05) is 54.1 Å². The minimum atomic E-state index is 0.0216. The molecule has 1 aliphatic rings. The zero-order valence-corrected chi connectivity index (χ0v) is 12.5. The van der Waals surface area contributed by atoms with E-state index in [9.17, 15) is 4.79 Å². The molecule has 2 atom stereocenters. The van der Waals surface area contributed by atoms with E-state index in [2.05, 4.69) is 17.6 Å². The molecule has 4 heteroatoms. The Bertz CT molecular complexity index is 627. The molecule has 108 valence electrons. The zero-order valence-electron chi connectivity index (χ0n) is 11.8. The fraction of sp³-hybridized carbons (Fsp3) is 0.235. The van der Waals surface area contributed by atoms with Crippen molar-refractivity contribution >= 4 is 17.5 Å². The minimum Gasteiger partial charge on any atom is -0.274 e. The van der Waals surface area contributed by atoms with Crippen molar-refractivity contribution in [2.75, 3.05) is 0 Å². The van der Waals surface area contributed by atoms with Crippen LogP contribution in [0.4, 0.5) is 0 Å². The van der Waals surface area contributed by atoms with E-state index >= 15 is 0 Å². The third-order valence-electron chi connectivity index (χ3n) is 3.86. The molecule has 2 unspecified atom stereocenters. The normalized spacial score (nSPS) is 21.5. The molecule has 0 saturated carbocycles. The van der Waals surface area contributed by atoms with Gasteiger partial charge < -0.3 is 0 Å². The van der Waals surface area contributed by atoms with Crippen molar-refractivity contribution < 1.29 is 4.79 Å². The highest BCUT2D eigenvalue weighted by Gasteiger charge is 2.35. The van der Waals surface area contributed by atoms with Gasteiger partial charge in [0.2, 0.25) is 5.91 Å². The van der Waals surface area contributed by atoms with Crippen molar-refractivity contribution in [3.8, 4) is 0 Å². The lowest BCUT2D eigenvalue weighted by atomic mass is 9.97. The standard InChI is InChI=1S/C17H17ClN2O/c1-12(21)20-17(14-7-9-15(18)10-8-14)11-16(19-20)13-5-3-2-4-6-13/h2-10,16-17,19H,11H2,1H3. The molecule has 0 spiro atoms. The van der Waals surface area contributed by atoms with Crippen LogP contribution in [0.3, 0.4) is 0 Å². The Morgan fingerprint density at radius 3 is 2.38 bits per heavy atom. The van der Waals surface area contributed by atoms with Gasteiger partial charge in [0.25, 0.3) is 0 Å². The fourth-order valence-electron chi connectivity index (χ4n) is 2.82. The molecule has 0 aromatic heterocycles. The number of hydrazine groups is 1. The van der Waals surface area contributed by atoms with Crippen molar-refractivity contribution in [3.05, 3.63) is 70.7 Å². The van der Waals surface area contributed by atoms with Gasteiger partial charge in [0.05, 0.1) is 12.1 Å². The highest BCUT2D eigenvalue weighted by Crippen LogP contribution is 2.37. The van der Waals surface area contributed by atoms with E-state index in [0.717, 1.165) is 12.0 Å². The number of benzene rings is 2. The van der Waals surface area contributed by atoms with E-state index in [1.165, 1.54) is 5.56 Å². The Kier molecular flexibility index (Phi) is 3.95. The summed E-state index contributed by atoms with van der Waals surface area (Å²) in [7, 11) is 0. The van der Waals surface area contributed by atoms with Gasteiger partial charge in [-0.05, 0) is 29.7 Å². The van der Waals surface area contributed by atoms with Crippen molar-refractivity contribution in [3.63, 3.8) is 0 Å². The summed E-state index contributed by atoms with van der Waals surface area (Å²) in [6.45, 7) is 1.59. The molecule has 0 aliphatic carbocycles. The maximum absolute atomic E-state index is 11.9. The third kappa shape index (κ3) is 2.94. The maximum atomic E-state index is 11.9. The van der Waals surface area contributed by atoms with Crippen LogP contribution in [0.5, 0.6) is 0 Å². The quantitative estimate of drug-likeness (QED) is 0.913. The second-order valence-electron chi connectivity index (χ2n) is 5.28. The molecule has 1 aliphatic heterocycles. The van der Waals surface area contributed by atoms with Crippen LogP contribution < -0.4 is 5.43 Å². The van der Waals surface area contributed by atoms with Crippen molar-refractivity contribution in [1.29, 1.82) is 0 Å². The highest BCUT2D eigenvalue weighted by molar-refractivity contribution is 6.30. The van der Waals surface area contributed by atoms with E-state index in [1.54, 1.807) is 11.9 Å². The van der Waals surface area contributed by atoms with E-state index in [0.29, 0.717) is 5.02 Å². The van der Waals surface area contributed by atoms with Crippen molar-refractivity contribution in [2.45, 2.75) is 25.4 Å². The lowest BCUT2D eigenvalue weighted by molar-refractivity contribution is -0.132. The van der Waals surface area contributed by atoms with Crippen LogP contribution >= 0.6 is 11.6 Å². The van der Waals surface area contributed by atoms with Gasteiger partial charge in [0.15, 0.2) is 0 Å². The molecule has 1 N–H and O–H groups in total. The SMILES string of the molecule is CC(=O)N1NC(c2ccccc2)CC1c1ccc(Cl)cc1. The fourth-order valence-corrected chi connectivity index (χ4v) is 2.94. The molecule has 3 rings (SSSR count). The number of nitrogens with one attached hydrogen (secondary N) is 1. The van der Waals surface area contributed by atoms with Crippen molar-refractivity contribution in [1.82, 2.24) is 10.4 Å². The molecule has 0 radical (unpaired) electrons. The van der Waals surface area contributed by atoms with Crippen LogP contribution in [0.2, 0.25) is 5.02 Å². The summed E-state index contributed by atoms with van der Waals surface area (Å²) in [6, 6.07) is 18.1. The van der Waals surface area contributed by atoms with E-state index < -0.39 is 0 Å². The number of hydrogen-bond donors (Lipinski definition) is 1. The number of halogens is 1. The molecule has 1 amide bonds. The molecular weight excluding hydrogens is 284 g/mol. The summed E-state index contributed by atoms with van der Waals surface area (Å²) in [6.07, 6.45) is 0.852. The molecule has 21 heavy (non-hydrogen) atoms. The monoisotopic (exact) mass is 300 g/mol. The molecule has 1 heterocycles. The molecule has 1 fully saturated rings. The summed E-state index contributed by atoms with van der Waals surface area (Å²) in [4.78, 5) is 11.9. The van der Waals surface area contributed by atoms with Gasteiger partial charge in [0.1, 0.15) is 0 Å². The Balaban J connectivity index is 1.88. The number of nitrogens with zero attached hydrogens (tertiary/aromatic N) is 1. The minimum absolute atomic E-state index is 0.0216. The molecule has 1 saturated heterocycles. The Morgan fingerprint density at radius 2 is 1.76 bits per heavy atom. The average Bonchev–Trinajstić information content (AvgIpc) is 2.94. The van der Waals surface area contributed by atoms with Crippen LogP contribution in [0.15, 0.2) is 54.6 Å². The first-order valence-electron chi connectivity index (χ1n) is 7.01. The van der Waals surface area contributed by atoms with Crippen molar-refractivity contribution in [2.24, 2.45) is 0 Å². The predicted octanol–water partition coefficient (Wildman–Crippen LogP) is 3.88. The van der Waals surface area contributed by atoms with Gasteiger partial charge >= 0.3 is 0 Å². The predicted molar refractivity (Wildman–Crippen MR) is 83.6 cm³/mol. The Morgan fingerprint density at radius 1 is 1.10 bits per heavy atom. The van der Waals surface area contributed by atoms with Crippen LogP contribution in [-0.4, -0.2) is 10.9 Å². The largest absolute Gasteiger partial charge is 0.274 e. The first-order chi connectivity index (χ1) is 10.1. The third-order valence-corrected chi connectivity index (χ3v) is 4.11. The second-order valence-corrected chi connectivity index (χ2v) is 5.72. The van der Waals surface area contributed by atoms with Crippen LogP contribution in [0.25, 0.3) is 0 Å². The van der Waals surface area contributed by atoms with Crippen LogP contribution in [0.1, 0.15) is 36.6 Å². The molecule has 2 aromatic carbocycles. The highest BCUT2D eigenvalue weighted by atomic mass is 35.5. The van der Waals surface area contributed by atoms with Gasteiger partial charge in [-0.3, -0.25) is 9.80 Å². The number of hydrogen-bond acceptors (Lipinski definition) is 2. The first-order valence-corrected chi connectivity index (χ1v) is 7.39. The molecule has 0 bridgehead atoms. The molecular formula is C17H17ClN2O. The van der Waals surface area contributed by atoms with Gasteiger partial charge in [-0.25, -0.2) is 5.43 Å². The number of carbonyl (C=O) groups excluding carboxylic acids is 1. The van der Waals surface area contributed by atoms with Gasteiger partial charge in [0, 0.05) is 11.9 Å². The lowest BCUT2D eigenvalue weighted by Crippen LogP contribution is -2.37. The molecule has 3 nitrogen and oxygen atoms in total. The van der Waals surface area contributed by atoms with Gasteiger partial charge in [-0.2, -0.15) is 0 Å². The summed E-state index contributed by atoms with van der Waals surface area (Å²) in [5, 5.41) is 2.43. The van der Waals surface area contributed by atoms with E-state index in [4.69, 9.17) is 11.6 Å². The zero-order chi connectivity index (χ0) is 14.8. The number of carbonyl (C=O) groups is 1. The number of amides is 1. The topological polar surface area (TPSA) is 32.3 Å². The van der Waals surface area contributed by atoms with E-state index in [1.807, 2.05) is 42.5 Å². The summed E-state index contributed by atoms with van der Waals surface area (Å²) in [5.74, 6) is 0.0216. The maximum Gasteiger partial charge on any atom is 0.234 e. The Labute approximate surface area is 129 Å². The first kappa shape index (κ1) is 14.1. The molecule has 2 aromatic rings. The summed E-state index contributed by atoms with van der Waals surface area (Å²) >= 11 is 5.95. The lowest BCUT2D eigenvalue weighted by Gasteiger charge is -2.23. The van der Waals surface area contributed by atoms with Crippen LogP contribution in [-0.2, 0) is 4.79 Å². The summed E-state index contributed by atoms with van der Waals surface area (Å²) < 4.78 is 0. The average molecular weight is 301 g/mol. The summed E-state index contributed by atoms with van der Waals surface area (Å²) in [5.41, 5.74) is 5.61. The van der Waals surface area contributed by atoms with Crippen LogP contribution in [0, 0.1) is 0 Å². The van der Waals surface area contributed by atoms with E-state index in [-0.39, 0.29) is 18.0 Å². The Hall–Kier alpha value is -1.84. The number of rotatable bonds is 2.